The number of rotatable bonds is 3. The van der Waals surface area contributed by atoms with Crippen LogP contribution < -0.4 is 0 Å². The van der Waals surface area contributed by atoms with Crippen molar-refractivity contribution in [2.45, 2.75) is 12.8 Å². The molecule has 0 atom stereocenters. The van der Waals surface area contributed by atoms with E-state index in [9.17, 15) is 4.79 Å². The summed E-state index contributed by atoms with van der Waals surface area (Å²) in [4.78, 5) is 10.2. The zero-order valence-corrected chi connectivity index (χ0v) is 6.08. The Morgan fingerprint density at radius 2 is 2.09 bits per heavy atom. The molecule has 2 nitrogen and oxygen atoms in total. The van der Waals surface area contributed by atoms with Crippen molar-refractivity contribution in [2.24, 2.45) is 0 Å². The fourth-order valence-electron chi connectivity index (χ4n) is 0.839. The molecule has 0 saturated heterocycles. The molecule has 1 aromatic carbocycles. The normalized spacial score (nSPS) is 9.45. The molecule has 0 amide bonds. The van der Waals surface area contributed by atoms with Gasteiger partial charge < -0.3 is 5.11 Å². The van der Waals surface area contributed by atoms with Crippen LogP contribution in [0.15, 0.2) is 24.3 Å². The predicted octanol–water partition coefficient (Wildman–Crippen LogP) is 1.50. The number of aryl methyl sites for hydroxylation is 1. The predicted molar refractivity (Wildman–Crippen MR) is 41.2 cm³/mol. The Bertz CT molecular complexity index is 229. The summed E-state index contributed by atoms with van der Waals surface area (Å²) in [5.74, 6) is -0.752. The molecule has 0 bridgehead atoms. The van der Waals surface area contributed by atoms with Gasteiger partial charge in [-0.2, -0.15) is 0 Å². The first kappa shape index (κ1) is 7.79. The summed E-state index contributed by atoms with van der Waals surface area (Å²) in [7, 11) is 0. The third-order valence-corrected chi connectivity index (χ3v) is 1.41. The molecule has 0 aromatic heterocycles. The third kappa shape index (κ3) is 2.85. The van der Waals surface area contributed by atoms with Crippen molar-refractivity contribution in [1.29, 1.82) is 0 Å². The van der Waals surface area contributed by atoms with Crippen molar-refractivity contribution in [3.63, 3.8) is 0 Å². The molecule has 1 aromatic rings. The Labute approximate surface area is 65.5 Å². The molecule has 1 N–H and O–H groups in total. The monoisotopic (exact) mass is 149 g/mol. The average Bonchev–Trinajstić information content (AvgIpc) is 2.03. The topological polar surface area (TPSA) is 37.3 Å². The number of hydrogen-bond donors (Lipinski definition) is 1. The molecule has 1 radical (unpaired) electrons. The second-order valence-electron chi connectivity index (χ2n) is 2.30. The molecular weight excluding hydrogens is 140 g/mol. The maximum atomic E-state index is 10.2. The van der Waals surface area contributed by atoms with E-state index in [0.29, 0.717) is 6.42 Å². The van der Waals surface area contributed by atoms with E-state index in [1.54, 1.807) is 12.1 Å². The minimum absolute atomic E-state index is 0.198. The van der Waals surface area contributed by atoms with Gasteiger partial charge >= 0.3 is 5.97 Å². The molecule has 0 heterocycles. The minimum Gasteiger partial charge on any atom is -0.481 e. The van der Waals surface area contributed by atoms with Crippen LogP contribution in [0.2, 0.25) is 0 Å². The van der Waals surface area contributed by atoms with E-state index in [0.717, 1.165) is 5.56 Å². The van der Waals surface area contributed by atoms with Crippen LogP contribution in [0.25, 0.3) is 0 Å². The van der Waals surface area contributed by atoms with Gasteiger partial charge in [-0.3, -0.25) is 4.79 Å². The van der Waals surface area contributed by atoms with Crippen LogP contribution in [0, 0.1) is 6.07 Å². The Kier molecular flexibility index (Phi) is 2.66. The van der Waals surface area contributed by atoms with E-state index in [-0.39, 0.29) is 6.42 Å². The Balaban J connectivity index is 2.45. The first-order chi connectivity index (χ1) is 5.29. The summed E-state index contributed by atoms with van der Waals surface area (Å²) < 4.78 is 0. The highest BCUT2D eigenvalue weighted by Crippen LogP contribution is 2.01. The highest BCUT2D eigenvalue weighted by Gasteiger charge is 1.96. The highest BCUT2D eigenvalue weighted by atomic mass is 16.4. The van der Waals surface area contributed by atoms with Gasteiger partial charge in [0.25, 0.3) is 0 Å². The van der Waals surface area contributed by atoms with Crippen molar-refractivity contribution in [2.75, 3.05) is 0 Å². The molecule has 11 heavy (non-hydrogen) atoms. The van der Waals surface area contributed by atoms with Crippen LogP contribution in [-0.2, 0) is 11.2 Å². The number of benzene rings is 1. The zero-order valence-electron chi connectivity index (χ0n) is 6.08. The van der Waals surface area contributed by atoms with Crippen LogP contribution in [0.5, 0.6) is 0 Å². The number of hydrogen-bond acceptors (Lipinski definition) is 1. The largest absolute Gasteiger partial charge is 0.481 e. The number of carboxylic acids is 1. The van der Waals surface area contributed by atoms with Gasteiger partial charge in [0.1, 0.15) is 0 Å². The van der Waals surface area contributed by atoms with Crippen molar-refractivity contribution in [3.8, 4) is 0 Å². The average molecular weight is 149 g/mol. The summed E-state index contributed by atoms with van der Waals surface area (Å²) >= 11 is 0. The van der Waals surface area contributed by atoms with Gasteiger partial charge in [-0.05, 0) is 18.1 Å². The summed E-state index contributed by atoms with van der Waals surface area (Å²) in [5, 5.41) is 8.37. The first-order valence-corrected chi connectivity index (χ1v) is 3.46. The van der Waals surface area contributed by atoms with Crippen molar-refractivity contribution in [1.82, 2.24) is 0 Å². The molecule has 0 spiro atoms. The van der Waals surface area contributed by atoms with Gasteiger partial charge in [-0.25, -0.2) is 0 Å². The fourth-order valence-corrected chi connectivity index (χ4v) is 0.839. The van der Waals surface area contributed by atoms with E-state index in [2.05, 4.69) is 6.07 Å². The van der Waals surface area contributed by atoms with Crippen LogP contribution in [-0.4, -0.2) is 11.1 Å². The lowest BCUT2D eigenvalue weighted by molar-refractivity contribution is -0.136. The Hall–Kier alpha value is -1.31. The lowest BCUT2D eigenvalue weighted by Gasteiger charge is -1.95. The van der Waals surface area contributed by atoms with E-state index < -0.39 is 5.97 Å². The molecule has 0 fully saturated rings. The van der Waals surface area contributed by atoms with Crippen LogP contribution in [0.4, 0.5) is 0 Å². The summed E-state index contributed by atoms with van der Waals surface area (Å²) in [5.41, 5.74) is 1.05. The standard InChI is InChI=1S/C9H9O2/c10-9(11)7-6-8-4-2-1-3-5-8/h2-5H,6-7H2,(H,10,11). The molecular formula is C9H9O2. The lowest BCUT2D eigenvalue weighted by atomic mass is 10.1. The van der Waals surface area contributed by atoms with Crippen LogP contribution >= 0.6 is 0 Å². The summed E-state index contributed by atoms with van der Waals surface area (Å²) in [6.07, 6.45) is 0.800. The lowest BCUT2D eigenvalue weighted by Crippen LogP contribution is -1.96. The minimum atomic E-state index is -0.752. The number of carboxylic acid groups (broad SMARTS) is 1. The molecule has 57 valence electrons. The highest BCUT2D eigenvalue weighted by molar-refractivity contribution is 5.67. The molecule has 0 aliphatic rings. The van der Waals surface area contributed by atoms with Crippen LogP contribution in [0.1, 0.15) is 12.0 Å². The van der Waals surface area contributed by atoms with Crippen molar-refractivity contribution < 1.29 is 9.90 Å². The van der Waals surface area contributed by atoms with Gasteiger partial charge in [0.05, 0.1) is 0 Å². The maximum absolute atomic E-state index is 10.2. The van der Waals surface area contributed by atoms with Gasteiger partial charge in [0.15, 0.2) is 0 Å². The number of carbonyl (C=O) groups is 1. The van der Waals surface area contributed by atoms with Gasteiger partial charge in [-0.15, -0.1) is 0 Å². The molecule has 0 aliphatic heterocycles. The van der Waals surface area contributed by atoms with E-state index in [1.165, 1.54) is 0 Å². The summed E-state index contributed by atoms with van der Waals surface area (Å²) in [6, 6.07) is 10.2. The van der Waals surface area contributed by atoms with Crippen molar-refractivity contribution >= 4 is 5.97 Å². The van der Waals surface area contributed by atoms with Crippen LogP contribution in [0.3, 0.4) is 0 Å². The molecule has 0 unspecified atom stereocenters. The van der Waals surface area contributed by atoms with Gasteiger partial charge in [0.2, 0.25) is 0 Å². The van der Waals surface area contributed by atoms with Gasteiger partial charge in [0, 0.05) is 6.42 Å². The summed E-state index contributed by atoms with van der Waals surface area (Å²) in [6.45, 7) is 0. The number of aliphatic carboxylic acids is 1. The second kappa shape index (κ2) is 3.76. The first-order valence-electron chi connectivity index (χ1n) is 3.46. The van der Waals surface area contributed by atoms with Crippen molar-refractivity contribution in [3.05, 3.63) is 35.9 Å². The quantitative estimate of drug-likeness (QED) is 0.707. The van der Waals surface area contributed by atoms with E-state index in [1.807, 2.05) is 12.1 Å². The molecule has 0 saturated carbocycles. The zero-order chi connectivity index (χ0) is 8.10. The fraction of sp³-hybridized carbons (Fsp3) is 0.222. The second-order valence-corrected chi connectivity index (χ2v) is 2.30. The SMILES string of the molecule is O=C(O)CCc1cc[c]cc1. The molecule has 2 heteroatoms. The van der Waals surface area contributed by atoms with Gasteiger partial charge in [-0.1, -0.05) is 24.3 Å². The Morgan fingerprint density at radius 1 is 1.45 bits per heavy atom. The smallest absolute Gasteiger partial charge is 0.303 e. The van der Waals surface area contributed by atoms with E-state index in [4.69, 9.17) is 5.11 Å². The maximum Gasteiger partial charge on any atom is 0.303 e. The molecule has 1 rings (SSSR count). The Morgan fingerprint density at radius 3 is 2.64 bits per heavy atom. The molecule has 0 aliphatic carbocycles. The van der Waals surface area contributed by atoms with E-state index >= 15 is 0 Å². The third-order valence-electron chi connectivity index (χ3n) is 1.41.